The number of hydrogen-bond acceptors (Lipinski definition) is 3. The molecule has 0 spiro atoms. The molecule has 2 N–H and O–H groups in total. The summed E-state index contributed by atoms with van der Waals surface area (Å²) >= 11 is 0. The summed E-state index contributed by atoms with van der Waals surface area (Å²) in [7, 11) is 0. The molecule has 1 aromatic carbocycles. The van der Waals surface area contributed by atoms with Gasteiger partial charge < -0.3 is 14.9 Å². The Bertz CT molecular complexity index is 899. The first-order chi connectivity index (χ1) is 16.2. The number of unbranched alkanes of at least 4 members (excludes halogenated alkanes) is 1. The maximum Gasteiger partial charge on any atom is 0.303 e. The van der Waals surface area contributed by atoms with Crippen LogP contribution in [0.25, 0.3) is 0 Å². The number of hydrogen-bond donors (Lipinski definition) is 2. The Hall–Kier alpha value is -2.24. The topological polar surface area (TPSA) is 66.8 Å². The zero-order chi connectivity index (χ0) is 24.7. The number of allylic oxidation sites excluding steroid dienone is 4. The molecule has 1 saturated carbocycles. The van der Waals surface area contributed by atoms with E-state index in [1.54, 1.807) is 0 Å². The molecule has 1 saturated heterocycles. The second-order valence-corrected chi connectivity index (χ2v) is 10.3. The smallest absolute Gasteiger partial charge is 0.303 e. The molecule has 2 bridgehead atoms. The first-order valence-electron chi connectivity index (χ1n) is 12.5. The van der Waals surface area contributed by atoms with Crippen molar-refractivity contribution in [3.05, 3.63) is 71.6 Å². The van der Waals surface area contributed by atoms with Gasteiger partial charge in [-0.15, -0.1) is 0 Å². The third kappa shape index (κ3) is 6.45. The van der Waals surface area contributed by atoms with E-state index in [1.165, 1.54) is 17.7 Å². The Morgan fingerprint density at radius 1 is 1.26 bits per heavy atom. The molecule has 0 aromatic heterocycles. The first kappa shape index (κ1) is 26.4. The van der Waals surface area contributed by atoms with Gasteiger partial charge in [0.2, 0.25) is 0 Å². The van der Waals surface area contributed by atoms with Crippen molar-refractivity contribution in [2.24, 2.45) is 17.8 Å². The standard InChI is InChI=1S/C29H39FO4/c1-20(2)10-11-21(3)26(31)17-16-24-25(8-6-4-5-7-9-28(32)33)29(18-27(24)34-19-29)22-12-14-23(30)15-13-22/h4,6,10,12-17,21,24-27,31H,5,7-9,11,18-19H2,1-3H3,(H,32,33)/t21?,24-,25-,26-,27-,29-/m0/s1. The summed E-state index contributed by atoms with van der Waals surface area (Å²) in [5, 5.41) is 19.6. The SMILES string of the molecule is CC(C)=CCC(C)[C@@H](O)C=C[C@@H]1[C@@H]2C[C@@](c3ccc(F)cc3)(CO2)[C@H]1CC=CCCCC(=O)O. The number of carboxylic acids is 1. The van der Waals surface area contributed by atoms with E-state index in [9.17, 15) is 14.3 Å². The van der Waals surface area contributed by atoms with Gasteiger partial charge in [-0.25, -0.2) is 4.39 Å². The molecule has 6 atom stereocenters. The zero-order valence-corrected chi connectivity index (χ0v) is 20.6. The van der Waals surface area contributed by atoms with Gasteiger partial charge in [-0.1, -0.05) is 55.0 Å². The lowest BCUT2D eigenvalue weighted by Crippen LogP contribution is -2.39. The van der Waals surface area contributed by atoms with Crippen molar-refractivity contribution in [3.8, 4) is 0 Å². The lowest BCUT2D eigenvalue weighted by atomic mass is 9.69. The number of aliphatic carboxylic acids is 1. The Labute approximate surface area is 203 Å². The van der Waals surface area contributed by atoms with Crippen molar-refractivity contribution >= 4 is 5.97 Å². The van der Waals surface area contributed by atoms with E-state index in [0.717, 1.165) is 31.2 Å². The Kier molecular flexibility index (Phi) is 9.26. The number of ether oxygens (including phenoxy) is 1. The van der Waals surface area contributed by atoms with Crippen LogP contribution in [0.2, 0.25) is 0 Å². The summed E-state index contributed by atoms with van der Waals surface area (Å²) in [6, 6.07) is 6.81. The van der Waals surface area contributed by atoms with Crippen LogP contribution >= 0.6 is 0 Å². The van der Waals surface area contributed by atoms with Crippen molar-refractivity contribution in [3.63, 3.8) is 0 Å². The summed E-state index contributed by atoms with van der Waals surface area (Å²) in [5.74, 6) is -0.453. The van der Waals surface area contributed by atoms with E-state index in [4.69, 9.17) is 9.84 Å². The maximum atomic E-state index is 13.6. The van der Waals surface area contributed by atoms with Crippen LogP contribution in [-0.2, 0) is 14.9 Å². The van der Waals surface area contributed by atoms with E-state index in [1.807, 2.05) is 18.2 Å². The molecule has 5 heteroatoms. The summed E-state index contributed by atoms with van der Waals surface area (Å²) in [5.41, 5.74) is 2.17. The van der Waals surface area contributed by atoms with E-state index >= 15 is 0 Å². The van der Waals surface area contributed by atoms with Gasteiger partial charge in [0.1, 0.15) is 5.82 Å². The molecule has 1 aliphatic heterocycles. The van der Waals surface area contributed by atoms with Crippen LogP contribution in [-0.4, -0.2) is 35.0 Å². The Morgan fingerprint density at radius 3 is 2.68 bits per heavy atom. The van der Waals surface area contributed by atoms with Crippen molar-refractivity contribution < 1.29 is 24.1 Å². The van der Waals surface area contributed by atoms with Crippen LogP contribution < -0.4 is 0 Å². The van der Waals surface area contributed by atoms with Gasteiger partial charge in [0.05, 0.1) is 18.8 Å². The van der Waals surface area contributed by atoms with E-state index in [-0.39, 0.29) is 41.5 Å². The average molecular weight is 471 g/mol. The van der Waals surface area contributed by atoms with Crippen LogP contribution in [0, 0.1) is 23.6 Å². The molecular weight excluding hydrogens is 431 g/mol. The fraction of sp³-hybridized carbons (Fsp3) is 0.552. The van der Waals surface area contributed by atoms with Crippen LogP contribution in [0.3, 0.4) is 0 Å². The number of benzene rings is 1. The van der Waals surface area contributed by atoms with Crippen LogP contribution in [0.5, 0.6) is 0 Å². The van der Waals surface area contributed by atoms with E-state index in [2.05, 4.69) is 45.1 Å². The van der Waals surface area contributed by atoms with Crippen molar-refractivity contribution in [2.75, 3.05) is 6.61 Å². The number of rotatable bonds is 12. The number of halogens is 1. The molecule has 3 rings (SSSR count). The molecule has 2 fully saturated rings. The van der Waals surface area contributed by atoms with Crippen molar-refractivity contribution in [1.29, 1.82) is 0 Å². The lowest BCUT2D eigenvalue weighted by molar-refractivity contribution is -0.137. The molecule has 0 amide bonds. The van der Waals surface area contributed by atoms with Gasteiger partial charge in [-0.2, -0.15) is 0 Å². The van der Waals surface area contributed by atoms with Crippen LogP contribution in [0.15, 0.2) is 60.2 Å². The summed E-state index contributed by atoms with van der Waals surface area (Å²) < 4.78 is 19.8. The fourth-order valence-electron chi connectivity index (χ4n) is 5.43. The minimum atomic E-state index is -0.767. The number of carboxylic acid groups (broad SMARTS) is 1. The molecule has 0 radical (unpaired) electrons. The molecule has 2 aliphatic rings. The second kappa shape index (κ2) is 11.9. The van der Waals surface area contributed by atoms with E-state index < -0.39 is 12.1 Å². The average Bonchev–Trinajstić information content (AvgIpc) is 3.36. The number of aliphatic hydroxyl groups is 1. The largest absolute Gasteiger partial charge is 0.481 e. The molecular formula is C29H39FO4. The van der Waals surface area contributed by atoms with Gasteiger partial charge in [-0.3, -0.25) is 4.79 Å². The van der Waals surface area contributed by atoms with E-state index in [0.29, 0.717) is 13.0 Å². The summed E-state index contributed by atoms with van der Waals surface area (Å²) in [4.78, 5) is 10.7. The summed E-state index contributed by atoms with van der Waals surface area (Å²) in [6.07, 6.45) is 14.1. The molecule has 186 valence electrons. The van der Waals surface area contributed by atoms with Crippen LogP contribution in [0.1, 0.15) is 64.9 Å². The van der Waals surface area contributed by atoms with Gasteiger partial charge in [0.15, 0.2) is 0 Å². The third-order valence-corrected chi connectivity index (χ3v) is 7.47. The highest BCUT2D eigenvalue weighted by Gasteiger charge is 2.58. The third-order valence-electron chi connectivity index (χ3n) is 7.47. The quantitative estimate of drug-likeness (QED) is 0.282. The normalized spacial score (nSPS) is 28.0. The zero-order valence-electron chi connectivity index (χ0n) is 20.6. The number of carbonyl (C=O) groups is 1. The van der Waals surface area contributed by atoms with Gasteiger partial charge >= 0.3 is 5.97 Å². The molecule has 34 heavy (non-hydrogen) atoms. The fourth-order valence-corrected chi connectivity index (χ4v) is 5.43. The highest BCUT2D eigenvalue weighted by Crippen LogP contribution is 2.57. The maximum absolute atomic E-state index is 13.6. The molecule has 4 nitrogen and oxygen atoms in total. The second-order valence-electron chi connectivity index (χ2n) is 10.3. The Morgan fingerprint density at radius 2 is 2.00 bits per heavy atom. The minimum absolute atomic E-state index is 0.0759. The van der Waals surface area contributed by atoms with Crippen molar-refractivity contribution in [1.82, 2.24) is 0 Å². The van der Waals surface area contributed by atoms with Crippen molar-refractivity contribution in [2.45, 2.75) is 76.9 Å². The molecule has 1 aromatic rings. The first-order valence-corrected chi connectivity index (χ1v) is 12.5. The van der Waals surface area contributed by atoms with Gasteiger partial charge in [-0.05, 0) is 75.5 Å². The van der Waals surface area contributed by atoms with Crippen LogP contribution in [0.4, 0.5) is 4.39 Å². The predicted octanol–water partition coefficient (Wildman–Crippen LogP) is 6.21. The monoisotopic (exact) mass is 470 g/mol. The minimum Gasteiger partial charge on any atom is -0.481 e. The van der Waals surface area contributed by atoms with Gasteiger partial charge in [0.25, 0.3) is 0 Å². The van der Waals surface area contributed by atoms with Gasteiger partial charge in [0, 0.05) is 17.8 Å². The molecule has 1 aliphatic carbocycles. The highest BCUT2D eigenvalue weighted by atomic mass is 19.1. The number of fused-ring (bicyclic) bond motifs is 2. The lowest BCUT2D eigenvalue weighted by Gasteiger charge is -2.38. The summed E-state index contributed by atoms with van der Waals surface area (Å²) in [6.45, 7) is 6.81. The highest BCUT2D eigenvalue weighted by molar-refractivity contribution is 5.66. The predicted molar refractivity (Wildman–Crippen MR) is 133 cm³/mol. The number of aliphatic hydroxyl groups excluding tert-OH is 1. The molecule has 1 heterocycles. The Balaban J connectivity index is 1.77. The molecule has 1 unspecified atom stereocenters.